The summed E-state index contributed by atoms with van der Waals surface area (Å²) < 4.78 is 9.94. The van der Waals surface area contributed by atoms with Crippen LogP contribution in [-0.4, -0.2) is 26.2 Å². The van der Waals surface area contributed by atoms with Crippen molar-refractivity contribution in [2.24, 2.45) is 0 Å². The highest BCUT2D eigenvalue weighted by Gasteiger charge is 2.46. The quantitative estimate of drug-likeness (QED) is 0.816. The standard InChI is InChI=1S/C18H17NO4/c1-22-17(20)15-13-10-6-7-11-14(13)16(18(21)23-2)19(15)12-8-4-3-5-9-12/h3-11,15-16H,1-2H3/t15-,16?/m1/s1. The van der Waals surface area contributed by atoms with Crippen molar-refractivity contribution in [1.82, 2.24) is 0 Å². The van der Waals surface area contributed by atoms with Gasteiger partial charge < -0.3 is 14.4 Å². The number of hydrogen-bond acceptors (Lipinski definition) is 5. The van der Waals surface area contributed by atoms with Crippen LogP contribution in [0.3, 0.4) is 0 Å². The predicted octanol–water partition coefficient (Wildman–Crippen LogP) is 2.64. The molecule has 0 fully saturated rings. The van der Waals surface area contributed by atoms with Crippen molar-refractivity contribution >= 4 is 17.6 Å². The van der Waals surface area contributed by atoms with Crippen LogP contribution in [0, 0.1) is 0 Å². The Hall–Kier alpha value is -2.82. The number of benzene rings is 2. The number of esters is 2. The van der Waals surface area contributed by atoms with E-state index in [-0.39, 0.29) is 0 Å². The molecule has 3 rings (SSSR count). The fraction of sp³-hybridized carbons (Fsp3) is 0.222. The van der Waals surface area contributed by atoms with Gasteiger partial charge in [0.15, 0.2) is 12.1 Å². The molecule has 23 heavy (non-hydrogen) atoms. The molecular formula is C18H17NO4. The Kier molecular flexibility index (Phi) is 4.02. The number of carbonyl (C=O) groups excluding carboxylic acids is 2. The third-order valence-electron chi connectivity index (χ3n) is 4.04. The summed E-state index contributed by atoms with van der Waals surface area (Å²) in [5.41, 5.74) is 2.28. The summed E-state index contributed by atoms with van der Waals surface area (Å²) in [7, 11) is 2.69. The van der Waals surface area contributed by atoms with Gasteiger partial charge in [-0.3, -0.25) is 0 Å². The highest BCUT2D eigenvalue weighted by atomic mass is 16.5. The average molecular weight is 311 g/mol. The lowest BCUT2D eigenvalue weighted by Crippen LogP contribution is -2.35. The molecule has 0 radical (unpaired) electrons. The number of nitrogens with zero attached hydrogens (tertiary/aromatic N) is 1. The van der Waals surface area contributed by atoms with E-state index in [1.54, 1.807) is 4.90 Å². The summed E-state index contributed by atoms with van der Waals surface area (Å²) in [5, 5.41) is 0. The van der Waals surface area contributed by atoms with Crippen LogP contribution >= 0.6 is 0 Å². The van der Waals surface area contributed by atoms with Crippen molar-refractivity contribution in [1.29, 1.82) is 0 Å². The lowest BCUT2D eigenvalue weighted by molar-refractivity contribution is -0.144. The lowest BCUT2D eigenvalue weighted by atomic mass is 10.0. The van der Waals surface area contributed by atoms with E-state index in [9.17, 15) is 9.59 Å². The second-order valence-corrected chi connectivity index (χ2v) is 5.22. The minimum absolute atomic E-state index is 0.410. The zero-order valence-electron chi connectivity index (χ0n) is 12.9. The lowest BCUT2D eigenvalue weighted by Gasteiger charge is -2.29. The van der Waals surface area contributed by atoms with Gasteiger partial charge >= 0.3 is 11.9 Å². The molecule has 2 atom stereocenters. The molecule has 0 amide bonds. The van der Waals surface area contributed by atoms with Gasteiger partial charge in [0, 0.05) is 5.69 Å². The zero-order valence-corrected chi connectivity index (χ0v) is 12.9. The second kappa shape index (κ2) is 6.12. The molecule has 1 unspecified atom stereocenters. The second-order valence-electron chi connectivity index (χ2n) is 5.22. The van der Waals surface area contributed by atoms with Crippen molar-refractivity contribution in [2.75, 3.05) is 19.1 Å². The molecule has 2 aromatic carbocycles. The molecule has 2 aromatic rings. The van der Waals surface area contributed by atoms with Crippen LogP contribution in [0.5, 0.6) is 0 Å². The van der Waals surface area contributed by atoms with Gasteiger partial charge in [-0.05, 0) is 23.3 Å². The summed E-state index contributed by atoms with van der Waals surface area (Å²) in [6.07, 6.45) is 0. The summed E-state index contributed by atoms with van der Waals surface area (Å²) in [6.45, 7) is 0. The smallest absolute Gasteiger partial charge is 0.333 e. The summed E-state index contributed by atoms with van der Waals surface area (Å²) >= 11 is 0. The highest BCUT2D eigenvalue weighted by molar-refractivity contribution is 5.92. The number of methoxy groups -OCH3 is 2. The Morgan fingerprint density at radius 3 is 1.65 bits per heavy atom. The molecule has 1 aliphatic heterocycles. The Labute approximate surface area is 134 Å². The molecule has 0 saturated carbocycles. The van der Waals surface area contributed by atoms with E-state index in [0.717, 1.165) is 16.8 Å². The maximum atomic E-state index is 12.4. The average Bonchev–Trinajstić information content (AvgIpc) is 2.96. The third-order valence-corrected chi connectivity index (χ3v) is 4.04. The van der Waals surface area contributed by atoms with Gasteiger partial charge in [0.25, 0.3) is 0 Å². The molecule has 0 N–H and O–H groups in total. The number of rotatable bonds is 3. The Bertz CT molecular complexity index is 686. The summed E-state index contributed by atoms with van der Waals surface area (Å²) in [5.74, 6) is -0.819. The van der Waals surface area contributed by atoms with Gasteiger partial charge in [0.2, 0.25) is 0 Å². The fourth-order valence-corrected chi connectivity index (χ4v) is 3.06. The minimum Gasteiger partial charge on any atom is -0.467 e. The van der Waals surface area contributed by atoms with E-state index in [0.29, 0.717) is 0 Å². The minimum atomic E-state index is -0.678. The van der Waals surface area contributed by atoms with Crippen molar-refractivity contribution in [2.45, 2.75) is 12.1 Å². The van der Waals surface area contributed by atoms with E-state index < -0.39 is 24.0 Å². The topological polar surface area (TPSA) is 55.8 Å². The molecular weight excluding hydrogens is 294 g/mol. The van der Waals surface area contributed by atoms with Crippen LogP contribution in [0.15, 0.2) is 54.6 Å². The molecule has 0 saturated heterocycles. The molecule has 5 nitrogen and oxygen atoms in total. The monoisotopic (exact) mass is 311 g/mol. The van der Waals surface area contributed by atoms with Crippen LogP contribution in [-0.2, 0) is 19.1 Å². The van der Waals surface area contributed by atoms with Gasteiger partial charge in [-0.2, -0.15) is 0 Å². The SMILES string of the molecule is COC(=O)C1c2ccccc2[C@H](C(=O)OC)N1c1ccccc1. The maximum absolute atomic E-state index is 12.4. The van der Waals surface area contributed by atoms with Gasteiger partial charge in [-0.1, -0.05) is 42.5 Å². The number of hydrogen-bond donors (Lipinski definition) is 0. The normalized spacial score (nSPS) is 19.1. The number of anilines is 1. The first-order valence-electron chi connectivity index (χ1n) is 7.27. The van der Waals surface area contributed by atoms with E-state index in [1.807, 2.05) is 54.6 Å². The molecule has 0 aliphatic carbocycles. The van der Waals surface area contributed by atoms with E-state index in [2.05, 4.69) is 0 Å². The Morgan fingerprint density at radius 2 is 1.22 bits per heavy atom. The molecule has 0 bridgehead atoms. The van der Waals surface area contributed by atoms with E-state index in [4.69, 9.17) is 9.47 Å². The number of fused-ring (bicyclic) bond motifs is 1. The van der Waals surface area contributed by atoms with Crippen molar-refractivity contribution in [3.05, 3.63) is 65.7 Å². The fourth-order valence-electron chi connectivity index (χ4n) is 3.06. The largest absolute Gasteiger partial charge is 0.467 e. The third kappa shape index (κ3) is 2.44. The molecule has 1 aliphatic rings. The number of para-hydroxylation sites is 1. The highest BCUT2D eigenvalue weighted by Crippen LogP contribution is 2.45. The van der Waals surface area contributed by atoms with Crippen LogP contribution in [0.25, 0.3) is 0 Å². The molecule has 118 valence electrons. The van der Waals surface area contributed by atoms with Gasteiger partial charge in [-0.15, -0.1) is 0 Å². The van der Waals surface area contributed by atoms with Gasteiger partial charge in [-0.25, -0.2) is 9.59 Å². The first kappa shape index (κ1) is 15.1. The molecule has 1 heterocycles. The van der Waals surface area contributed by atoms with Crippen molar-refractivity contribution < 1.29 is 19.1 Å². The van der Waals surface area contributed by atoms with Gasteiger partial charge in [0.05, 0.1) is 14.2 Å². The maximum Gasteiger partial charge on any atom is 0.333 e. The van der Waals surface area contributed by atoms with Crippen LogP contribution in [0.1, 0.15) is 23.2 Å². The van der Waals surface area contributed by atoms with Gasteiger partial charge in [0.1, 0.15) is 0 Å². The van der Waals surface area contributed by atoms with E-state index >= 15 is 0 Å². The molecule has 0 spiro atoms. The van der Waals surface area contributed by atoms with Crippen LogP contribution < -0.4 is 4.90 Å². The number of carbonyl (C=O) groups is 2. The first-order chi connectivity index (χ1) is 11.2. The van der Waals surface area contributed by atoms with Crippen LogP contribution in [0.4, 0.5) is 5.69 Å². The predicted molar refractivity (Wildman–Crippen MR) is 84.9 cm³/mol. The van der Waals surface area contributed by atoms with Crippen LogP contribution in [0.2, 0.25) is 0 Å². The van der Waals surface area contributed by atoms with Crippen molar-refractivity contribution in [3.8, 4) is 0 Å². The molecule has 0 aromatic heterocycles. The first-order valence-corrected chi connectivity index (χ1v) is 7.27. The zero-order chi connectivity index (χ0) is 16.4. The van der Waals surface area contributed by atoms with Crippen molar-refractivity contribution in [3.63, 3.8) is 0 Å². The molecule has 5 heteroatoms. The summed E-state index contributed by atoms with van der Waals surface area (Å²) in [6, 6.07) is 15.3. The Morgan fingerprint density at radius 1 is 0.783 bits per heavy atom. The van der Waals surface area contributed by atoms with E-state index in [1.165, 1.54) is 14.2 Å². The summed E-state index contributed by atoms with van der Waals surface area (Å²) in [4.78, 5) is 26.6. The number of ether oxygens (including phenoxy) is 2. The Balaban J connectivity index is 2.20.